The number of hydrogen-bond donors (Lipinski definition) is 1. The summed E-state index contributed by atoms with van der Waals surface area (Å²) in [5, 5.41) is 2.85. The van der Waals surface area contributed by atoms with Crippen LogP contribution in [0, 0.1) is 0 Å². The third-order valence-electron chi connectivity index (χ3n) is 3.45. The van der Waals surface area contributed by atoms with Crippen molar-refractivity contribution in [1.29, 1.82) is 0 Å². The molecule has 2 rings (SSSR count). The SMILES string of the molecule is CCC(=O)NCc1ccc(N2CCN(C)CC2)nc1. The molecule has 5 heteroatoms. The van der Waals surface area contributed by atoms with Gasteiger partial charge in [0, 0.05) is 45.3 Å². The van der Waals surface area contributed by atoms with Crippen molar-refractivity contribution in [2.24, 2.45) is 0 Å². The van der Waals surface area contributed by atoms with E-state index in [-0.39, 0.29) is 5.91 Å². The van der Waals surface area contributed by atoms with Gasteiger partial charge < -0.3 is 15.1 Å². The van der Waals surface area contributed by atoms with Gasteiger partial charge in [-0.05, 0) is 18.7 Å². The molecule has 0 unspecified atom stereocenters. The van der Waals surface area contributed by atoms with E-state index < -0.39 is 0 Å². The molecule has 1 aromatic heterocycles. The molecule has 0 spiro atoms. The first kappa shape index (κ1) is 13.8. The maximum atomic E-state index is 11.2. The molecule has 104 valence electrons. The summed E-state index contributed by atoms with van der Waals surface area (Å²) in [6, 6.07) is 4.08. The highest BCUT2D eigenvalue weighted by molar-refractivity contribution is 5.75. The summed E-state index contributed by atoms with van der Waals surface area (Å²) in [7, 11) is 2.14. The zero-order valence-corrected chi connectivity index (χ0v) is 11.7. The van der Waals surface area contributed by atoms with Crippen molar-refractivity contribution < 1.29 is 4.79 Å². The van der Waals surface area contributed by atoms with Gasteiger partial charge in [0.05, 0.1) is 0 Å². The van der Waals surface area contributed by atoms with Crippen LogP contribution >= 0.6 is 0 Å². The van der Waals surface area contributed by atoms with Crippen LogP contribution in [-0.2, 0) is 11.3 Å². The van der Waals surface area contributed by atoms with E-state index in [1.807, 2.05) is 25.3 Å². The number of nitrogens with one attached hydrogen (secondary N) is 1. The number of aromatic nitrogens is 1. The van der Waals surface area contributed by atoms with E-state index in [0.29, 0.717) is 13.0 Å². The van der Waals surface area contributed by atoms with E-state index in [1.165, 1.54) is 0 Å². The molecule has 0 atom stereocenters. The van der Waals surface area contributed by atoms with Crippen molar-refractivity contribution in [2.75, 3.05) is 38.1 Å². The molecule has 0 saturated carbocycles. The second-order valence-corrected chi connectivity index (χ2v) is 4.95. The Hall–Kier alpha value is -1.62. The maximum Gasteiger partial charge on any atom is 0.219 e. The molecule has 1 fully saturated rings. The molecule has 5 nitrogen and oxygen atoms in total. The van der Waals surface area contributed by atoms with Crippen molar-refractivity contribution >= 4 is 11.7 Å². The third kappa shape index (κ3) is 3.92. The van der Waals surface area contributed by atoms with Crippen LogP contribution in [0.3, 0.4) is 0 Å². The van der Waals surface area contributed by atoms with Crippen LogP contribution in [0.2, 0.25) is 0 Å². The van der Waals surface area contributed by atoms with E-state index in [9.17, 15) is 4.79 Å². The van der Waals surface area contributed by atoms with Gasteiger partial charge >= 0.3 is 0 Å². The molecule has 0 aliphatic carbocycles. The van der Waals surface area contributed by atoms with Crippen LogP contribution in [0.4, 0.5) is 5.82 Å². The zero-order valence-electron chi connectivity index (χ0n) is 11.7. The Kier molecular flexibility index (Phi) is 4.74. The largest absolute Gasteiger partial charge is 0.354 e. The monoisotopic (exact) mass is 262 g/mol. The van der Waals surface area contributed by atoms with E-state index in [0.717, 1.165) is 37.6 Å². The molecule has 1 N–H and O–H groups in total. The van der Waals surface area contributed by atoms with Crippen LogP contribution in [0.1, 0.15) is 18.9 Å². The molecule has 1 aliphatic rings. The number of piperazine rings is 1. The molecule has 1 saturated heterocycles. The second-order valence-electron chi connectivity index (χ2n) is 4.95. The van der Waals surface area contributed by atoms with E-state index in [1.54, 1.807) is 0 Å². The number of nitrogens with zero attached hydrogens (tertiary/aromatic N) is 3. The fourth-order valence-corrected chi connectivity index (χ4v) is 2.07. The van der Waals surface area contributed by atoms with Crippen LogP contribution in [-0.4, -0.2) is 49.0 Å². The summed E-state index contributed by atoms with van der Waals surface area (Å²) >= 11 is 0. The highest BCUT2D eigenvalue weighted by Crippen LogP contribution is 2.13. The number of carbonyl (C=O) groups is 1. The van der Waals surface area contributed by atoms with Crippen LogP contribution in [0.25, 0.3) is 0 Å². The number of amides is 1. The average Bonchev–Trinajstić information content (AvgIpc) is 2.46. The minimum atomic E-state index is 0.0724. The first-order chi connectivity index (χ1) is 9.19. The Bertz CT molecular complexity index is 410. The van der Waals surface area contributed by atoms with E-state index in [4.69, 9.17) is 0 Å². The third-order valence-corrected chi connectivity index (χ3v) is 3.45. The van der Waals surface area contributed by atoms with Gasteiger partial charge in [-0.1, -0.05) is 13.0 Å². The molecule has 0 bridgehead atoms. The first-order valence-corrected chi connectivity index (χ1v) is 6.84. The summed E-state index contributed by atoms with van der Waals surface area (Å²) in [5.41, 5.74) is 1.04. The number of likely N-dealkylation sites (N-methyl/N-ethyl adjacent to an activating group) is 1. The molecular weight excluding hydrogens is 240 g/mol. The predicted molar refractivity (Wildman–Crippen MR) is 76.1 cm³/mol. The Balaban J connectivity index is 1.89. The topological polar surface area (TPSA) is 48.5 Å². The number of pyridine rings is 1. The quantitative estimate of drug-likeness (QED) is 0.874. The van der Waals surface area contributed by atoms with Crippen molar-refractivity contribution in [3.8, 4) is 0 Å². The standard InChI is InChI=1S/C14H22N4O/c1-3-14(19)16-11-12-4-5-13(15-10-12)18-8-6-17(2)7-9-18/h4-5,10H,3,6-9,11H2,1-2H3,(H,16,19). The number of rotatable bonds is 4. The average molecular weight is 262 g/mol. The summed E-state index contributed by atoms with van der Waals surface area (Å²) < 4.78 is 0. The number of carbonyl (C=O) groups excluding carboxylic acids is 1. The lowest BCUT2D eigenvalue weighted by Crippen LogP contribution is -2.44. The fraction of sp³-hybridized carbons (Fsp3) is 0.571. The smallest absolute Gasteiger partial charge is 0.219 e. The molecular formula is C14H22N4O. The van der Waals surface area contributed by atoms with Gasteiger partial charge in [0.2, 0.25) is 5.91 Å². The lowest BCUT2D eigenvalue weighted by atomic mass is 10.2. The van der Waals surface area contributed by atoms with Crippen molar-refractivity contribution in [1.82, 2.24) is 15.2 Å². The fourth-order valence-electron chi connectivity index (χ4n) is 2.07. The summed E-state index contributed by atoms with van der Waals surface area (Å²) in [5.74, 6) is 1.10. The van der Waals surface area contributed by atoms with Crippen LogP contribution in [0.15, 0.2) is 18.3 Å². The normalized spacial score (nSPS) is 16.4. The lowest BCUT2D eigenvalue weighted by molar-refractivity contribution is -0.120. The highest BCUT2D eigenvalue weighted by atomic mass is 16.1. The molecule has 19 heavy (non-hydrogen) atoms. The molecule has 2 heterocycles. The van der Waals surface area contributed by atoms with Crippen LogP contribution < -0.4 is 10.2 Å². The Morgan fingerprint density at radius 1 is 1.32 bits per heavy atom. The Morgan fingerprint density at radius 2 is 2.05 bits per heavy atom. The van der Waals surface area contributed by atoms with Gasteiger partial charge in [-0.3, -0.25) is 4.79 Å². The predicted octanol–water partition coefficient (Wildman–Crippen LogP) is 0.860. The van der Waals surface area contributed by atoms with Crippen molar-refractivity contribution in [3.05, 3.63) is 23.9 Å². The minimum Gasteiger partial charge on any atom is -0.354 e. The second kappa shape index (κ2) is 6.52. The van der Waals surface area contributed by atoms with Gasteiger partial charge in [-0.2, -0.15) is 0 Å². The van der Waals surface area contributed by atoms with Crippen molar-refractivity contribution in [2.45, 2.75) is 19.9 Å². The molecule has 1 aromatic rings. The Labute approximate surface area is 114 Å². The minimum absolute atomic E-state index is 0.0724. The van der Waals surface area contributed by atoms with E-state index >= 15 is 0 Å². The molecule has 0 radical (unpaired) electrons. The van der Waals surface area contributed by atoms with Crippen LogP contribution in [0.5, 0.6) is 0 Å². The molecule has 1 amide bonds. The Morgan fingerprint density at radius 3 is 2.63 bits per heavy atom. The van der Waals surface area contributed by atoms with Gasteiger partial charge in [-0.25, -0.2) is 4.98 Å². The van der Waals surface area contributed by atoms with Gasteiger partial charge in [0.25, 0.3) is 0 Å². The van der Waals surface area contributed by atoms with Gasteiger partial charge in [-0.15, -0.1) is 0 Å². The number of anilines is 1. The molecule has 1 aliphatic heterocycles. The van der Waals surface area contributed by atoms with Crippen molar-refractivity contribution in [3.63, 3.8) is 0 Å². The summed E-state index contributed by atoms with van der Waals surface area (Å²) in [4.78, 5) is 20.3. The van der Waals surface area contributed by atoms with Gasteiger partial charge in [0.15, 0.2) is 0 Å². The molecule has 0 aromatic carbocycles. The maximum absolute atomic E-state index is 11.2. The van der Waals surface area contributed by atoms with Gasteiger partial charge in [0.1, 0.15) is 5.82 Å². The lowest BCUT2D eigenvalue weighted by Gasteiger charge is -2.33. The first-order valence-electron chi connectivity index (χ1n) is 6.84. The summed E-state index contributed by atoms with van der Waals surface area (Å²) in [6.07, 6.45) is 2.37. The highest BCUT2D eigenvalue weighted by Gasteiger charge is 2.14. The zero-order chi connectivity index (χ0) is 13.7. The van der Waals surface area contributed by atoms with E-state index in [2.05, 4.69) is 27.1 Å². The summed E-state index contributed by atoms with van der Waals surface area (Å²) in [6.45, 7) is 6.61. The number of hydrogen-bond acceptors (Lipinski definition) is 4.